The molecular weight excluding hydrogens is 414 g/mol. The van der Waals surface area contributed by atoms with Gasteiger partial charge in [-0.05, 0) is 25.5 Å². The fourth-order valence-corrected chi connectivity index (χ4v) is 2.92. The molecule has 0 aliphatic heterocycles. The monoisotopic (exact) mass is 440 g/mol. The van der Waals surface area contributed by atoms with Gasteiger partial charge in [0.15, 0.2) is 12.1 Å². The van der Waals surface area contributed by atoms with Gasteiger partial charge in [0.25, 0.3) is 5.92 Å². The summed E-state index contributed by atoms with van der Waals surface area (Å²) in [6.45, 7) is 5.68. The van der Waals surface area contributed by atoms with Crippen LogP contribution in [0.3, 0.4) is 0 Å². The van der Waals surface area contributed by atoms with Crippen molar-refractivity contribution in [2.24, 2.45) is 0 Å². The number of aldehydes is 1. The number of carbonyl (C=O) groups is 3. The van der Waals surface area contributed by atoms with E-state index in [4.69, 9.17) is 0 Å². The minimum atomic E-state index is -2.71. The number of carbonyl (C=O) groups excluding carboxylic acids is 3. The zero-order chi connectivity index (χ0) is 23.9. The van der Waals surface area contributed by atoms with Crippen LogP contribution >= 0.6 is 0 Å². The lowest BCUT2D eigenvalue weighted by atomic mass is 10.1. The summed E-state index contributed by atoms with van der Waals surface area (Å²) < 4.78 is 25.2. The minimum Gasteiger partial charge on any atom is -0.344 e. The van der Waals surface area contributed by atoms with Crippen LogP contribution in [-0.4, -0.2) is 23.0 Å². The first-order chi connectivity index (χ1) is 15.0. The largest absolute Gasteiger partial charge is 0.344 e. The SMILES string of the molecule is CC(=O)Nc1[nH]c(Cc2ccc(C(C)=O)cc2)cc1C=O.Cc1ccc(C(C)(F)F)cc1. The van der Waals surface area contributed by atoms with E-state index in [1.807, 2.05) is 19.1 Å². The second-order valence-electron chi connectivity index (χ2n) is 7.61. The molecule has 0 unspecified atom stereocenters. The highest BCUT2D eigenvalue weighted by molar-refractivity contribution is 5.94. The maximum Gasteiger partial charge on any atom is 0.270 e. The Labute approximate surface area is 185 Å². The average molecular weight is 440 g/mol. The summed E-state index contributed by atoms with van der Waals surface area (Å²) in [7, 11) is 0. The molecule has 0 atom stereocenters. The van der Waals surface area contributed by atoms with Crippen LogP contribution < -0.4 is 5.32 Å². The fourth-order valence-electron chi connectivity index (χ4n) is 2.92. The number of hydrogen-bond donors (Lipinski definition) is 2. The lowest BCUT2D eigenvalue weighted by Crippen LogP contribution is -2.07. The number of ketones is 1. The van der Waals surface area contributed by atoms with Crippen LogP contribution in [0.4, 0.5) is 14.6 Å². The number of alkyl halides is 2. The number of aromatic amines is 1. The van der Waals surface area contributed by atoms with Crippen molar-refractivity contribution in [1.82, 2.24) is 4.98 Å². The van der Waals surface area contributed by atoms with Crippen LogP contribution in [0.25, 0.3) is 0 Å². The van der Waals surface area contributed by atoms with E-state index in [2.05, 4.69) is 10.3 Å². The van der Waals surface area contributed by atoms with Gasteiger partial charge in [-0.2, -0.15) is 0 Å². The van der Waals surface area contributed by atoms with Gasteiger partial charge < -0.3 is 10.3 Å². The molecule has 32 heavy (non-hydrogen) atoms. The van der Waals surface area contributed by atoms with Gasteiger partial charge in [-0.1, -0.05) is 54.1 Å². The molecule has 168 valence electrons. The van der Waals surface area contributed by atoms with Gasteiger partial charge in [0.05, 0.1) is 5.56 Å². The van der Waals surface area contributed by atoms with Gasteiger partial charge in [-0.3, -0.25) is 14.4 Å². The zero-order valence-corrected chi connectivity index (χ0v) is 18.5. The molecule has 0 bridgehead atoms. The number of aryl methyl sites for hydroxylation is 1. The average Bonchev–Trinajstić information content (AvgIpc) is 3.09. The van der Waals surface area contributed by atoms with Gasteiger partial charge in [0.1, 0.15) is 5.82 Å². The number of amides is 1. The Morgan fingerprint density at radius 2 is 1.62 bits per heavy atom. The summed E-state index contributed by atoms with van der Waals surface area (Å²) in [6.07, 6.45) is 1.28. The minimum absolute atomic E-state index is 0.0256. The highest BCUT2D eigenvalue weighted by atomic mass is 19.3. The molecule has 0 fully saturated rings. The van der Waals surface area contributed by atoms with Crippen molar-refractivity contribution in [3.63, 3.8) is 0 Å². The van der Waals surface area contributed by atoms with Crippen molar-refractivity contribution in [2.75, 3.05) is 5.32 Å². The summed E-state index contributed by atoms with van der Waals surface area (Å²) in [4.78, 5) is 36.3. The van der Waals surface area contributed by atoms with Crippen molar-refractivity contribution in [2.45, 2.75) is 40.0 Å². The maximum atomic E-state index is 12.6. The highest BCUT2D eigenvalue weighted by Crippen LogP contribution is 2.26. The Morgan fingerprint density at radius 1 is 1.03 bits per heavy atom. The number of hydrogen-bond acceptors (Lipinski definition) is 3. The lowest BCUT2D eigenvalue weighted by Gasteiger charge is -2.09. The van der Waals surface area contributed by atoms with E-state index in [1.54, 1.807) is 30.3 Å². The van der Waals surface area contributed by atoms with Crippen LogP contribution in [-0.2, 0) is 17.1 Å². The normalized spacial score (nSPS) is 10.7. The predicted octanol–water partition coefficient (Wildman–Crippen LogP) is 5.69. The Kier molecular flexibility index (Phi) is 8.18. The van der Waals surface area contributed by atoms with Gasteiger partial charge in [-0.15, -0.1) is 0 Å². The van der Waals surface area contributed by atoms with E-state index in [-0.39, 0.29) is 17.3 Å². The second-order valence-corrected chi connectivity index (χ2v) is 7.61. The molecule has 0 spiro atoms. The third-order valence-corrected chi connectivity index (χ3v) is 4.65. The van der Waals surface area contributed by atoms with Crippen molar-refractivity contribution in [3.05, 3.63) is 88.1 Å². The fraction of sp³-hybridized carbons (Fsp3) is 0.240. The molecule has 2 aromatic carbocycles. The van der Waals surface area contributed by atoms with Crippen molar-refractivity contribution in [3.8, 4) is 0 Å². The quantitative estimate of drug-likeness (QED) is 0.382. The van der Waals surface area contributed by atoms with E-state index in [1.165, 1.54) is 26.0 Å². The first kappa shape index (κ1) is 24.7. The van der Waals surface area contributed by atoms with Gasteiger partial charge >= 0.3 is 0 Å². The number of H-pyrrole nitrogens is 1. The molecule has 3 rings (SSSR count). The highest BCUT2D eigenvalue weighted by Gasteiger charge is 2.23. The molecule has 0 radical (unpaired) electrons. The Balaban J connectivity index is 0.000000278. The van der Waals surface area contributed by atoms with Gasteiger partial charge in [-0.25, -0.2) is 8.78 Å². The van der Waals surface area contributed by atoms with Gasteiger partial charge in [0.2, 0.25) is 5.91 Å². The van der Waals surface area contributed by atoms with Crippen LogP contribution in [0.5, 0.6) is 0 Å². The van der Waals surface area contributed by atoms with E-state index in [9.17, 15) is 23.2 Å². The second kappa shape index (κ2) is 10.6. The zero-order valence-electron chi connectivity index (χ0n) is 18.5. The van der Waals surface area contributed by atoms with Gasteiger partial charge in [0, 0.05) is 37.1 Å². The topological polar surface area (TPSA) is 79.0 Å². The van der Waals surface area contributed by atoms with Crippen molar-refractivity contribution < 1.29 is 23.2 Å². The molecule has 1 amide bonds. The molecule has 0 aliphatic rings. The summed E-state index contributed by atoms with van der Waals surface area (Å²) in [5.41, 5.74) is 3.98. The smallest absolute Gasteiger partial charge is 0.270 e. The van der Waals surface area contributed by atoms with E-state index >= 15 is 0 Å². The summed E-state index contributed by atoms with van der Waals surface area (Å²) >= 11 is 0. The van der Waals surface area contributed by atoms with E-state index in [0.29, 0.717) is 29.7 Å². The third kappa shape index (κ3) is 7.27. The number of nitrogens with one attached hydrogen (secondary N) is 2. The molecule has 0 aliphatic carbocycles. The number of aromatic nitrogens is 1. The predicted molar refractivity (Wildman–Crippen MR) is 120 cm³/mol. The number of halogens is 2. The van der Waals surface area contributed by atoms with E-state index < -0.39 is 5.92 Å². The van der Waals surface area contributed by atoms with Crippen LogP contribution in [0.1, 0.15) is 63.9 Å². The number of anilines is 1. The first-order valence-electron chi connectivity index (χ1n) is 9.99. The first-order valence-corrected chi connectivity index (χ1v) is 9.99. The van der Waals surface area contributed by atoms with Crippen LogP contribution in [0.15, 0.2) is 54.6 Å². The number of rotatable bonds is 6. The van der Waals surface area contributed by atoms with Crippen LogP contribution in [0, 0.1) is 6.92 Å². The molecular formula is C25H26F2N2O3. The maximum absolute atomic E-state index is 12.6. The molecule has 7 heteroatoms. The number of benzene rings is 2. The molecule has 0 saturated carbocycles. The summed E-state index contributed by atoms with van der Waals surface area (Å²) in [5, 5.41) is 2.58. The Hall–Kier alpha value is -3.61. The molecule has 0 saturated heterocycles. The molecule has 1 aromatic heterocycles. The molecule has 3 aromatic rings. The Bertz CT molecular complexity index is 1080. The van der Waals surface area contributed by atoms with E-state index in [0.717, 1.165) is 23.7 Å². The molecule has 5 nitrogen and oxygen atoms in total. The Morgan fingerprint density at radius 3 is 2.09 bits per heavy atom. The lowest BCUT2D eigenvalue weighted by molar-refractivity contribution is -0.114. The molecule has 2 N–H and O–H groups in total. The third-order valence-electron chi connectivity index (χ3n) is 4.65. The van der Waals surface area contributed by atoms with Crippen LogP contribution in [0.2, 0.25) is 0 Å². The molecule has 1 heterocycles. The summed E-state index contributed by atoms with van der Waals surface area (Å²) in [5.74, 6) is -2.52. The van der Waals surface area contributed by atoms with Crippen molar-refractivity contribution >= 4 is 23.8 Å². The standard InChI is InChI=1S/C16H16N2O3.C9H10F2/c1-10(20)13-5-3-12(4-6-13)7-15-8-14(9-19)16(18-15)17-11(2)21;1-7-3-5-8(6-4-7)9(2,10)11/h3-6,8-9,18H,7H2,1-2H3,(H,17,21);3-6H,1-2H3. The summed E-state index contributed by atoms with van der Waals surface area (Å²) in [6, 6.07) is 15.3. The van der Waals surface area contributed by atoms with Crippen molar-refractivity contribution in [1.29, 1.82) is 0 Å². The number of Topliss-reactive ketones (excluding diaryl/α,β-unsaturated/α-hetero) is 1.